The summed E-state index contributed by atoms with van der Waals surface area (Å²) in [7, 11) is 0. The second-order valence-electron chi connectivity index (χ2n) is 2.04. The lowest BCUT2D eigenvalue weighted by atomic mass is 10.2. The Kier molecular flexibility index (Phi) is 2.32. The Hall–Kier alpha value is -0.0800. The second-order valence-corrected chi connectivity index (χ2v) is 5.08. The molecule has 0 saturated carbocycles. The summed E-state index contributed by atoms with van der Waals surface area (Å²) in [5.74, 6) is 0. The summed E-state index contributed by atoms with van der Waals surface area (Å²) in [4.78, 5) is 1.25. The second kappa shape index (κ2) is 2.89. The van der Waals surface area contributed by atoms with Crippen molar-refractivity contribution in [1.82, 2.24) is 0 Å². The fraction of sp³-hybridized carbons (Fsp3) is 0.286. The molecular weight excluding hydrogens is 257 g/mol. The SMILES string of the molecule is Cc1sc(I)c(C#N)c1C. The Bertz CT molecular complexity index is 295. The number of nitrogens with zero attached hydrogens (tertiary/aromatic N) is 1. The molecule has 0 N–H and O–H groups in total. The monoisotopic (exact) mass is 263 g/mol. The van der Waals surface area contributed by atoms with Crippen LogP contribution in [0.25, 0.3) is 0 Å². The summed E-state index contributed by atoms with van der Waals surface area (Å²) >= 11 is 3.89. The Balaban J connectivity index is 3.37. The molecule has 0 fully saturated rings. The number of hydrogen-bond acceptors (Lipinski definition) is 2. The number of thiophene rings is 1. The maximum atomic E-state index is 8.66. The zero-order valence-electron chi connectivity index (χ0n) is 5.73. The zero-order chi connectivity index (χ0) is 7.72. The van der Waals surface area contributed by atoms with Crippen molar-refractivity contribution in [3.05, 3.63) is 18.9 Å². The molecule has 1 heterocycles. The lowest BCUT2D eigenvalue weighted by molar-refractivity contribution is 1.39. The molecular formula is C7H6INS. The minimum Gasteiger partial charge on any atom is -0.192 e. The van der Waals surface area contributed by atoms with Crippen molar-refractivity contribution < 1.29 is 0 Å². The number of rotatable bonds is 0. The minimum absolute atomic E-state index is 0.850. The van der Waals surface area contributed by atoms with Crippen LogP contribution < -0.4 is 0 Å². The fourth-order valence-corrected chi connectivity index (χ4v) is 3.05. The molecule has 0 atom stereocenters. The van der Waals surface area contributed by atoms with Gasteiger partial charge in [0.05, 0.1) is 8.45 Å². The standard InChI is InChI=1S/C7H6INS/c1-4-5(2)10-7(8)6(4)3-9/h1-2H3. The van der Waals surface area contributed by atoms with Crippen LogP contribution in [0, 0.1) is 28.1 Å². The van der Waals surface area contributed by atoms with E-state index in [2.05, 4.69) is 28.7 Å². The highest BCUT2D eigenvalue weighted by Gasteiger charge is 2.08. The summed E-state index contributed by atoms with van der Waals surface area (Å²) in [6, 6.07) is 2.19. The molecule has 0 bridgehead atoms. The van der Waals surface area contributed by atoms with Gasteiger partial charge in [0, 0.05) is 4.88 Å². The molecule has 0 aliphatic heterocycles. The molecule has 0 aliphatic carbocycles. The van der Waals surface area contributed by atoms with Gasteiger partial charge in [0.1, 0.15) is 6.07 Å². The molecule has 1 aromatic heterocycles. The van der Waals surface area contributed by atoms with E-state index >= 15 is 0 Å². The largest absolute Gasteiger partial charge is 0.192 e. The van der Waals surface area contributed by atoms with Gasteiger partial charge < -0.3 is 0 Å². The van der Waals surface area contributed by atoms with Crippen molar-refractivity contribution in [3.8, 4) is 6.07 Å². The van der Waals surface area contributed by atoms with Crippen LogP contribution >= 0.6 is 33.9 Å². The molecule has 3 heteroatoms. The first-order valence-corrected chi connectivity index (χ1v) is 4.72. The predicted octanol–water partition coefficient (Wildman–Crippen LogP) is 2.84. The minimum atomic E-state index is 0.850. The highest BCUT2D eigenvalue weighted by atomic mass is 127. The molecule has 0 unspecified atom stereocenters. The molecule has 0 radical (unpaired) electrons. The van der Waals surface area contributed by atoms with Gasteiger partial charge in [-0.15, -0.1) is 11.3 Å². The lowest BCUT2D eigenvalue weighted by Crippen LogP contribution is -1.76. The van der Waals surface area contributed by atoms with E-state index < -0.39 is 0 Å². The molecule has 0 amide bonds. The quantitative estimate of drug-likeness (QED) is 0.660. The Morgan fingerprint density at radius 1 is 1.50 bits per heavy atom. The molecule has 0 saturated heterocycles. The Labute approximate surface area is 77.8 Å². The van der Waals surface area contributed by atoms with Crippen molar-refractivity contribution >= 4 is 33.9 Å². The van der Waals surface area contributed by atoms with Crippen LogP contribution in [0.2, 0.25) is 0 Å². The first-order valence-electron chi connectivity index (χ1n) is 2.82. The van der Waals surface area contributed by atoms with Crippen LogP contribution in [0.3, 0.4) is 0 Å². The summed E-state index contributed by atoms with van der Waals surface area (Å²) < 4.78 is 1.11. The van der Waals surface area contributed by atoms with Crippen molar-refractivity contribution in [2.45, 2.75) is 13.8 Å². The van der Waals surface area contributed by atoms with Gasteiger partial charge >= 0.3 is 0 Å². The summed E-state index contributed by atoms with van der Waals surface area (Å²) in [5, 5.41) is 8.66. The molecule has 0 aromatic carbocycles. The average Bonchev–Trinajstić information content (AvgIpc) is 2.09. The third kappa shape index (κ3) is 1.18. The molecule has 52 valence electrons. The highest BCUT2D eigenvalue weighted by Crippen LogP contribution is 2.27. The van der Waals surface area contributed by atoms with Gasteiger partial charge in [0.25, 0.3) is 0 Å². The first kappa shape index (κ1) is 8.02. The highest BCUT2D eigenvalue weighted by molar-refractivity contribution is 14.1. The van der Waals surface area contributed by atoms with Gasteiger partial charge in [-0.2, -0.15) is 5.26 Å². The third-order valence-corrected chi connectivity index (χ3v) is 3.65. The third-order valence-electron chi connectivity index (χ3n) is 1.45. The molecule has 1 aromatic rings. The van der Waals surface area contributed by atoms with Crippen molar-refractivity contribution in [2.75, 3.05) is 0 Å². The molecule has 10 heavy (non-hydrogen) atoms. The molecule has 0 spiro atoms. The van der Waals surface area contributed by atoms with Crippen LogP contribution in [-0.4, -0.2) is 0 Å². The van der Waals surface area contributed by atoms with E-state index in [9.17, 15) is 0 Å². The Morgan fingerprint density at radius 3 is 2.30 bits per heavy atom. The van der Waals surface area contributed by atoms with Crippen LogP contribution in [0.4, 0.5) is 0 Å². The zero-order valence-corrected chi connectivity index (χ0v) is 8.71. The molecule has 1 nitrogen and oxygen atoms in total. The number of nitriles is 1. The molecule has 1 rings (SSSR count). The van der Waals surface area contributed by atoms with E-state index in [0.29, 0.717) is 0 Å². The normalized spacial score (nSPS) is 9.40. The number of halogens is 1. The van der Waals surface area contributed by atoms with Crippen LogP contribution in [0.1, 0.15) is 16.0 Å². The van der Waals surface area contributed by atoms with Crippen molar-refractivity contribution in [3.63, 3.8) is 0 Å². The summed E-state index contributed by atoms with van der Waals surface area (Å²) in [6.07, 6.45) is 0. The lowest BCUT2D eigenvalue weighted by Gasteiger charge is -1.85. The number of hydrogen-bond donors (Lipinski definition) is 0. The van der Waals surface area contributed by atoms with Crippen LogP contribution in [0.15, 0.2) is 0 Å². The Morgan fingerprint density at radius 2 is 2.10 bits per heavy atom. The van der Waals surface area contributed by atoms with Gasteiger partial charge in [0.15, 0.2) is 0 Å². The maximum absolute atomic E-state index is 8.66. The summed E-state index contributed by atoms with van der Waals surface area (Å²) in [6.45, 7) is 4.04. The van der Waals surface area contributed by atoms with E-state index in [1.807, 2.05) is 13.8 Å². The fourth-order valence-electron chi connectivity index (χ4n) is 0.713. The molecule has 0 aliphatic rings. The number of aryl methyl sites for hydroxylation is 1. The predicted molar refractivity (Wildman–Crippen MR) is 51.2 cm³/mol. The van der Waals surface area contributed by atoms with Gasteiger partial charge in [0.2, 0.25) is 0 Å². The van der Waals surface area contributed by atoms with Gasteiger partial charge in [-0.1, -0.05) is 0 Å². The average molecular weight is 263 g/mol. The van der Waals surface area contributed by atoms with E-state index in [1.54, 1.807) is 11.3 Å². The smallest absolute Gasteiger partial charge is 0.101 e. The topological polar surface area (TPSA) is 23.8 Å². The first-order chi connectivity index (χ1) is 4.66. The van der Waals surface area contributed by atoms with Crippen molar-refractivity contribution in [1.29, 1.82) is 5.26 Å². The van der Waals surface area contributed by atoms with Gasteiger partial charge in [-0.3, -0.25) is 0 Å². The van der Waals surface area contributed by atoms with E-state index in [-0.39, 0.29) is 0 Å². The summed E-state index contributed by atoms with van der Waals surface area (Å²) in [5.41, 5.74) is 1.99. The van der Waals surface area contributed by atoms with Crippen LogP contribution in [-0.2, 0) is 0 Å². The van der Waals surface area contributed by atoms with Crippen molar-refractivity contribution in [2.24, 2.45) is 0 Å². The van der Waals surface area contributed by atoms with Gasteiger partial charge in [-0.05, 0) is 42.0 Å². The van der Waals surface area contributed by atoms with Gasteiger partial charge in [-0.25, -0.2) is 0 Å². The van der Waals surface area contributed by atoms with Crippen LogP contribution in [0.5, 0.6) is 0 Å². The maximum Gasteiger partial charge on any atom is 0.101 e. The van der Waals surface area contributed by atoms with E-state index in [0.717, 1.165) is 14.0 Å². The van der Waals surface area contributed by atoms with E-state index in [1.165, 1.54) is 4.88 Å². The van der Waals surface area contributed by atoms with E-state index in [4.69, 9.17) is 5.26 Å².